The molecule has 0 rings (SSSR count). The first-order chi connectivity index (χ1) is 29.5. The van der Waals surface area contributed by atoms with Gasteiger partial charge in [-0.15, -0.1) is 0 Å². The minimum atomic E-state index is -0.669. The minimum absolute atomic E-state index is 0.00643. The van der Waals surface area contributed by atoms with Crippen molar-refractivity contribution in [3.05, 3.63) is 24.3 Å². The first-order valence-electron chi connectivity index (χ1n) is 26.6. The summed E-state index contributed by atoms with van der Waals surface area (Å²) in [6.07, 6.45) is 58.7. The SMILES string of the molecule is CCCCC/C=C\CCCCCCCC(=O)OCCCCCCCCCC/C=C\CCCCCCCCCC(=O)NC(CO)C(O)CCCCCCCCCCCCCC. The van der Waals surface area contributed by atoms with Crippen molar-refractivity contribution >= 4 is 11.9 Å². The van der Waals surface area contributed by atoms with Crippen molar-refractivity contribution in [2.45, 2.75) is 296 Å². The molecule has 2 unspecified atom stereocenters. The van der Waals surface area contributed by atoms with Crippen LogP contribution >= 0.6 is 0 Å². The van der Waals surface area contributed by atoms with Crippen LogP contribution in [0.5, 0.6) is 0 Å². The third-order valence-corrected chi connectivity index (χ3v) is 12.2. The van der Waals surface area contributed by atoms with Gasteiger partial charge in [0.1, 0.15) is 0 Å². The summed E-state index contributed by atoms with van der Waals surface area (Å²) in [6.45, 7) is 4.91. The lowest BCUT2D eigenvalue weighted by molar-refractivity contribution is -0.143. The molecule has 0 saturated carbocycles. The summed E-state index contributed by atoms with van der Waals surface area (Å²) in [5, 5.41) is 23.2. The molecule has 2 atom stereocenters. The molecule has 6 heteroatoms. The Morgan fingerprint density at radius 3 is 1.22 bits per heavy atom. The van der Waals surface area contributed by atoms with E-state index in [0.717, 1.165) is 44.9 Å². The van der Waals surface area contributed by atoms with Crippen LogP contribution in [0.1, 0.15) is 284 Å². The number of hydrogen-bond acceptors (Lipinski definition) is 5. The van der Waals surface area contributed by atoms with Crippen molar-refractivity contribution in [2.75, 3.05) is 13.2 Å². The number of carbonyl (C=O) groups excluding carboxylic acids is 2. The number of ether oxygens (including phenoxy) is 1. The summed E-state index contributed by atoms with van der Waals surface area (Å²) in [6, 6.07) is -0.547. The van der Waals surface area contributed by atoms with Crippen LogP contribution in [0, 0.1) is 0 Å². The first kappa shape index (κ1) is 58.3. The molecule has 3 N–H and O–H groups in total. The second kappa shape index (κ2) is 50.0. The number of nitrogens with one attached hydrogen (secondary N) is 1. The summed E-state index contributed by atoms with van der Waals surface area (Å²) < 4.78 is 5.45. The maximum absolute atomic E-state index is 12.4. The van der Waals surface area contributed by atoms with E-state index < -0.39 is 12.1 Å². The minimum Gasteiger partial charge on any atom is -0.466 e. The Morgan fingerprint density at radius 1 is 0.450 bits per heavy atom. The third-order valence-electron chi connectivity index (χ3n) is 12.2. The molecular formula is C54H103NO5. The Morgan fingerprint density at radius 2 is 0.783 bits per heavy atom. The molecule has 0 fully saturated rings. The molecule has 0 aliphatic rings. The summed E-state index contributed by atoms with van der Waals surface area (Å²) in [5.74, 6) is -0.0518. The van der Waals surface area contributed by atoms with Gasteiger partial charge in [0, 0.05) is 12.8 Å². The van der Waals surface area contributed by atoms with Gasteiger partial charge in [-0.05, 0) is 77.0 Å². The number of rotatable bonds is 49. The summed E-state index contributed by atoms with van der Waals surface area (Å²) >= 11 is 0. The number of esters is 1. The van der Waals surface area contributed by atoms with Gasteiger partial charge >= 0.3 is 5.97 Å². The zero-order chi connectivity index (χ0) is 43.7. The highest BCUT2D eigenvalue weighted by Gasteiger charge is 2.20. The Labute approximate surface area is 373 Å². The van der Waals surface area contributed by atoms with Crippen LogP contribution < -0.4 is 5.32 Å². The van der Waals surface area contributed by atoms with Crippen molar-refractivity contribution < 1.29 is 24.5 Å². The zero-order valence-corrected chi connectivity index (χ0v) is 40.2. The lowest BCUT2D eigenvalue weighted by atomic mass is 10.0. The van der Waals surface area contributed by atoms with E-state index in [1.807, 2.05) is 0 Å². The van der Waals surface area contributed by atoms with Crippen LogP contribution in [0.2, 0.25) is 0 Å². The lowest BCUT2D eigenvalue weighted by Gasteiger charge is -2.22. The predicted molar refractivity (Wildman–Crippen MR) is 260 cm³/mol. The molecule has 0 spiro atoms. The molecule has 0 aliphatic heterocycles. The Kier molecular flexibility index (Phi) is 48.6. The number of aliphatic hydroxyl groups is 2. The Balaban J connectivity index is 3.44. The van der Waals surface area contributed by atoms with Crippen molar-refractivity contribution in [1.82, 2.24) is 5.32 Å². The fourth-order valence-corrected chi connectivity index (χ4v) is 8.10. The molecule has 0 radical (unpaired) electrons. The highest BCUT2D eigenvalue weighted by molar-refractivity contribution is 5.76. The van der Waals surface area contributed by atoms with Crippen LogP contribution in [0.3, 0.4) is 0 Å². The van der Waals surface area contributed by atoms with E-state index in [1.165, 1.54) is 205 Å². The molecule has 1 amide bonds. The molecule has 60 heavy (non-hydrogen) atoms. The maximum Gasteiger partial charge on any atom is 0.305 e. The van der Waals surface area contributed by atoms with Gasteiger partial charge in [-0.3, -0.25) is 9.59 Å². The van der Waals surface area contributed by atoms with Crippen LogP contribution in [-0.2, 0) is 14.3 Å². The molecule has 0 saturated heterocycles. The van der Waals surface area contributed by atoms with Crippen molar-refractivity contribution in [1.29, 1.82) is 0 Å². The van der Waals surface area contributed by atoms with Crippen molar-refractivity contribution in [3.63, 3.8) is 0 Å². The van der Waals surface area contributed by atoms with E-state index in [2.05, 4.69) is 43.5 Å². The molecule has 0 aromatic rings. The maximum atomic E-state index is 12.4. The number of allylic oxidation sites excluding steroid dienone is 4. The van der Waals surface area contributed by atoms with Crippen LogP contribution in [0.4, 0.5) is 0 Å². The summed E-state index contributed by atoms with van der Waals surface area (Å²) in [7, 11) is 0. The third kappa shape index (κ3) is 45.9. The van der Waals surface area contributed by atoms with Gasteiger partial charge in [-0.1, -0.05) is 218 Å². The normalized spacial score (nSPS) is 12.8. The fraction of sp³-hybridized carbons (Fsp3) is 0.889. The van der Waals surface area contributed by atoms with Gasteiger partial charge in [0.2, 0.25) is 5.91 Å². The molecule has 0 aliphatic carbocycles. The van der Waals surface area contributed by atoms with E-state index in [-0.39, 0.29) is 18.5 Å². The molecule has 6 nitrogen and oxygen atoms in total. The van der Waals surface area contributed by atoms with Gasteiger partial charge in [0.25, 0.3) is 0 Å². The Hall–Kier alpha value is -1.66. The van der Waals surface area contributed by atoms with Gasteiger partial charge < -0.3 is 20.3 Å². The molecule has 0 heterocycles. The highest BCUT2D eigenvalue weighted by Crippen LogP contribution is 2.16. The predicted octanol–water partition coefficient (Wildman–Crippen LogP) is 15.9. The zero-order valence-electron chi connectivity index (χ0n) is 40.2. The van der Waals surface area contributed by atoms with Crippen LogP contribution in [0.15, 0.2) is 24.3 Å². The second-order valence-corrected chi connectivity index (χ2v) is 18.2. The van der Waals surface area contributed by atoms with Crippen molar-refractivity contribution in [3.8, 4) is 0 Å². The second-order valence-electron chi connectivity index (χ2n) is 18.2. The largest absolute Gasteiger partial charge is 0.466 e. The Bertz CT molecular complexity index is 935. The van der Waals surface area contributed by atoms with Crippen molar-refractivity contribution in [2.24, 2.45) is 0 Å². The van der Waals surface area contributed by atoms with E-state index in [1.54, 1.807) is 0 Å². The van der Waals surface area contributed by atoms with Gasteiger partial charge in [-0.2, -0.15) is 0 Å². The number of amides is 1. The van der Waals surface area contributed by atoms with Gasteiger partial charge in [-0.25, -0.2) is 0 Å². The van der Waals surface area contributed by atoms with Gasteiger partial charge in [0.05, 0.1) is 25.4 Å². The average molecular weight is 846 g/mol. The molecule has 0 bridgehead atoms. The van der Waals surface area contributed by atoms with E-state index in [0.29, 0.717) is 25.9 Å². The fourth-order valence-electron chi connectivity index (χ4n) is 8.10. The average Bonchev–Trinajstić information content (AvgIpc) is 3.25. The monoisotopic (exact) mass is 846 g/mol. The van der Waals surface area contributed by atoms with Crippen LogP contribution in [0.25, 0.3) is 0 Å². The van der Waals surface area contributed by atoms with E-state index >= 15 is 0 Å². The molecular weight excluding hydrogens is 743 g/mol. The van der Waals surface area contributed by atoms with E-state index in [9.17, 15) is 19.8 Å². The lowest BCUT2D eigenvalue weighted by Crippen LogP contribution is -2.45. The molecule has 354 valence electrons. The number of carbonyl (C=O) groups is 2. The topological polar surface area (TPSA) is 95.9 Å². The summed E-state index contributed by atoms with van der Waals surface area (Å²) in [4.78, 5) is 24.4. The standard InChI is InChI=1S/C54H103NO5/c1-3-5-7-9-11-13-15-26-30-34-38-42-46-52(57)51(50-56)55-53(58)47-43-39-35-31-27-24-22-20-18-17-19-21-23-25-29-33-37-41-45-49-60-54(59)48-44-40-36-32-28-16-14-12-10-8-6-4-2/h12,14,17-18,51-52,56-57H,3-11,13,15-16,19-50H2,1-2H3,(H,55,58)/b14-12-,18-17-. The van der Waals surface area contributed by atoms with E-state index in [4.69, 9.17) is 4.74 Å². The smallest absolute Gasteiger partial charge is 0.305 e. The van der Waals surface area contributed by atoms with Gasteiger partial charge in [0.15, 0.2) is 0 Å². The summed E-state index contributed by atoms with van der Waals surface area (Å²) in [5.41, 5.74) is 0. The van der Waals surface area contributed by atoms with Crippen LogP contribution in [-0.4, -0.2) is 47.4 Å². The highest BCUT2D eigenvalue weighted by atomic mass is 16.5. The number of aliphatic hydroxyl groups excluding tert-OH is 2. The quantitative estimate of drug-likeness (QED) is 0.0322. The molecule has 0 aromatic carbocycles. The number of hydrogen-bond donors (Lipinski definition) is 3. The molecule has 0 aromatic heterocycles. The first-order valence-corrected chi connectivity index (χ1v) is 26.6. The number of unbranched alkanes of at least 4 members (excludes halogenated alkanes) is 34.